The van der Waals surface area contributed by atoms with E-state index < -0.39 is 6.10 Å². The molecule has 1 unspecified atom stereocenters. The second kappa shape index (κ2) is 6.38. The first kappa shape index (κ1) is 12.9. The third-order valence-corrected chi connectivity index (χ3v) is 2.46. The van der Waals surface area contributed by atoms with Crippen molar-refractivity contribution in [1.82, 2.24) is 24.2 Å². The van der Waals surface area contributed by atoms with Crippen molar-refractivity contribution in [1.29, 1.82) is 0 Å². The Morgan fingerprint density at radius 2 is 2.50 bits per heavy atom. The summed E-state index contributed by atoms with van der Waals surface area (Å²) in [5, 5.41) is 16.4. The van der Waals surface area contributed by atoms with Gasteiger partial charge in [0.25, 0.3) is 0 Å². The lowest BCUT2D eigenvalue weighted by atomic mass is 10.4. The van der Waals surface area contributed by atoms with E-state index in [-0.39, 0.29) is 6.61 Å². The average molecular weight is 271 g/mol. The Hall–Kier alpha value is -1.58. The average Bonchev–Trinajstić information content (AvgIpc) is 2.98. The van der Waals surface area contributed by atoms with Crippen LogP contribution in [-0.2, 0) is 6.54 Å². The van der Waals surface area contributed by atoms with E-state index in [1.54, 1.807) is 6.92 Å². The van der Waals surface area contributed by atoms with Crippen LogP contribution < -0.4 is 10.1 Å². The lowest BCUT2D eigenvalue weighted by Crippen LogP contribution is -2.31. The first-order chi connectivity index (χ1) is 8.74. The van der Waals surface area contributed by atoms with Gasteiger partial charge in [-0.05, 0) is 0 Å². The van der Waals surface area contributed by atoms with Gasteiger partial charge in [-0.3, -0.25) is 0 Å². The van der Waals surface area contributed by atoms with Gasteiger partial charge in [-0.15, -0.1) is 4.37 Å². The van der Waals surface area contributed by atoms with Gasteiger partial charge in [0.05, 0.1) is 18.3 Å². The quantitative estimate of drug-likeness (QED) is 0.710. The molecule has 9 heteroatoms. The zero-order valence-electron chi connectivity index (χ0n) is 9.74. The molecule has 0 aromatic carbocycles. The number of hydrogen-bond donors (Lipinski definition) is 2. The van der Waals surface area contributed by atoms with Gasteiger partial charge < -0.3 is 19.7 Å². The highest BCUT2D eigenvalue weighted by Gasteiger charge is 2.07. The van der Waals surface area contributed by atoms with Crippen molar-refractivity contribution in [2.24, 2.45) is 0 Å². The normalized spacial score (nSPS) is 12.6. The van der Waals surface area contributed by atoms with Crippen LogP contribution in [0.1, 0.15) is 11.7 Å². The maximum absolute atomic E-state index is 9.63. The maximum Gasteiger partial charge on any atom is 0.245 e. The lowest BCUT2D eigenvalue weighted by Gasteiger charge is -2.10. The Kier molecular flexibility index (Phi) is 4.56. The molecule has 8 nitrogen and oxygen atoms in total. The van der Waals surface area contributed by atoms with E-state index in [1.165, 1.54) is 6.20 Å². The number of aliphatic hydroxyl groups is 1. The van der Waals surface area contributed by atoms with E-state index in [9.17, 15) is 5.11 Å². The molecule has 0 radical (unpaired) electrons. The highest BCUT2D eigenvalue weighted by molar-refractivity contribution is 6.99. The van der Waals surface area contributed by atoms with Crippen molar-refractivity contribution in [2.45, 2.75) is 19.6 Å². The molecule has 2 N–H and O–H groups in total. The van der Waals surface area contributed by atoms with Crippen molar-refractivity contribution in [3.05, 3.63) is 17.9 Å². The van der Waals surface area contributed by atoms with Crippen molar-refractivity contribution >= 4 is 11.7 Å². The molecule has 98 valence electrons. The minimum Gasteiger partial charge on any atom is -0.473 e. The molecule has 0 spiro atoms. The summed E-state index contributed by atoms with van der Waals surface area (Å²) in [6.45, 7) is 2.68. The molecule has 0 amide bonds. The molecule has 0 saturated carbocycles. The van der Waals surface area contributed by atoms with Crippen LogP contribution in [0.2, 0.25) is 0 Å². The molecule has 18 heavy (non-hydrogen) atoms. The topological polar surface area (TPSA) is 106 Å². The van der Waals surface area contributed by atoms with Gasteiger partial charge in [-0.1, -0.05) is 5.16 Å². The van der Waals surface area contributed by atoms with Crippen LogP contribution in [0.3, 0.4) is 0 Å². The van der Waals surface area contributed by atoms with E-state index >= 15 is 0 Å². The SMILES string of the molecule is Cc1nc(CNCC(O)COc2cnsn2)no1. The number of aryl methyl sites for hydroxylation is 1. The number of aliphatic hydroxyl groups excluding tert-OH is 1. The van der Waals surface area contributed by atoms with E-state index in [4.69, 9.17) is 9.26 Å². The van der Waals surface area contributed by atoms with E-state index in [0.29, 0.717) is 30.7 Å². The van der Waals surface area contributed by atoms with Crippen molar-refractivity contribution in [2.75, 3.05) is 13.2 Å². The summed E-state index contributed by atoms with van der Waals surface area (Å²) in [6.07, 6.45) is 0.868. The molecule has 0 saturated heterocycles. The molecule has 2 heterocycles. The zero-order chi connectivity index (χ0) is 12.8. The molecule has 0 fully saturated rings. The van der Waals surface area contributed by atoms with Gasteiger partial charge in [0.1, 0.15) is 18.9 Å². The molecule has 2 rings (SSSR count). The van der Waals surface area contributed by atoms with Gasteiger partial charge in [-0.25, -0.2) is 0 Å². The van der Waals surface area contributed by atoms with E-state index in [0.717, 1.165) is 11.7 Å². The monoisotopic (exact) mass is 271 g/mol. The lowest BCUT2D eigenvalue weighted by molar-refractivity contribution is 0.104. The summed E-state index contributed by atoms with van der Waals surface area (Å²) < 4.78 is 17.7. The fraction of sp³-hybridized carbons (Fsp3) is 0.556. The zero-order valence-corrected chi connectivity index (χ0v) is 10.6. The van der Waals surface area contributed by atoms with Crippen LogP contribution in [0.5, 0.6) is 5.88 Å². The predicted octanol–water partition coefficient (Wildman–Crippen LogP) is -0.241. The Balaban J connectivity index is 1.61. The van der Waals surface area contributed by atoms with Crippen molar-refractivity contribution < 1.29 is 14.4 Å². The summed E-state index contributed by atoms with van der Waals surface area (Å²) in [5.74, 6) is 1.50. The van der Waals surface area contributed by atoms with Gasteiger partial charge in [-0.2, -0.15) is 9.36 Å². The molecule has 0 aliphatic heterocycles. The Morgan fingerprint density at radius 1 is 1.61 bits per heavy atom. The maximum atomic E-state index is 9.63. The summed E-state index contributed by atoms with van der Waals surface area (Å²) in [4.78, 5) is 4.02. The molecule has 2 aromatic rings. The molecule has 0 bridgehead atoms. The fourth-order valence-corrected chi connectivity index (χ4v) is 1.59. The van der Waals surface area contributed by atoms with Crippen LogP contribution in [0.25, 0.3) is 0 Å². The minimum absolute atomic E-state index is 0.156. The third-order valence-electron chi connectivity index (χ3n) is 2.00. The second-order valence-electron chi connectivity index (χ2n) is 3.57. The number of hydrogen-bond acceptors (Lipinski definition) is 9. The first-order valence-corrected chi connectivity index (χ1v) is 6.05. The minimum atomic E-state index is -0.639. The summed E-state index contributed by atoms with van der Waals surface area (Å²) in [6, 6.07) is 0. The standard InChI is InChI=1S/C9H13N5O3S/c1-6-12-8(13-17-6)3-10-2-7(15)5-16-9-4-11-18-14-9/h4,7,10,15H,2-3,5H2,1H3. The molecule has 0 aliphatic rings. The Labute approximate surface area is 107 Å². The number of aromatic nitrogens is 4. The van der Waals surface area contributed by atoms with Crippen molar-refractivity contribution in [3.63, 3.8) is 0 Å². The number of nitrogens with zero attached hydrogens (tertiary/aromatic N) is 4. The second-order valence-corrected chi connectivity index (χ2v) is 4.13. The molecule has 1 atom stereocenters. The summed E-state index contributed by atoms with van der Waals surface area (Å²) in [5.41, 5.74) is 0. The van der Waals surface area contributed by atoms with E-state index in [2.05, 4.69) is 24.2 Å². The largest absolute Gasteiger partial charge is 0.473 e. The van der Waals surface area contributed by atoms with Crippen LogP contribution in [0.15, 0.2) is 10.7 Å². The summed E-state index contributed by atoms with van der Waals surface area (Å²) >= 11 is 1.06. The Bertz CT molecular complexity index is 460. The Morgan fingerprint density at radius 3 is 3.17 bits per heavy atom. The number of ether oxygens (including phenoxy) is 1. The third kappa shape index (κ3) is 4.02. The molecular formula is C9H13N5O3S. The predicted molar refractivity (Wildman–Crippen MR) is 62.2 cm³/mol. The van der Waals surface area contributed by atoms with Gasteiger partial charge >= 0.3 is 0 Å². The summed E-state index contributed by atoms with van der Waals surface area (Å²) in [7, 11) is 0. The first-order valence-electron chi connectivity index (χ1n) is 5.32. The van der Waals surface area contributed by atoms with Crippen molar-refractivity contribution in [3.8, 4) is 5.88 Å². The molecule has 2 aromatic heterocycles. The number of rotatable bonds is 7. The van der Waals surface area contributed by atoms with Crippen LogP contribution in [0.4, 0.5) is 0 Å². The van der Waals surface area contributed by atoms with Crippen LogP contribution in [-0.4, -0.2) is 43.2 Å². The van der Waals surface area contributed by atoms with Crippen LogP contribution >= 0.6 is 11.7 Å². The highest BCUT2D eigenvalue weighted by atomic mass is 32.1. The van der Waals surface area contributed by atoms with Crippen LogP contribution in [0, 0.1) is 6.92 Å². The number of nitrogens with one attached hydrogen (secondary N) is 1. The smallest absolute Gasteiger partial charge is 0.245 e. The van der Waals surface area contributed by atoms with Gasteiger partial charge in [0.2, 0.25) is 11.8 Å². The van der Waals surface area contributed by atoms with Gasteiger partial charge in [0, 0.05) is 13.5 Å². The highest BCUT2D eigenvalue weighted by Crippen LogP contribution is 2.05. The van der Waals surface area contributed by atoms with Gasteiger partial charge in [0.15, 0.2) is 5.82 Å². The molecular weight excluding hydrogens is 258 g/mol. The van der Waals surface area contributed by atoms with E-state index in [1.807, 2.05) is 0 Å². The molecule has 0 aliphatic carbocycles. The fourth-order valence-electron chi connectivity index (χ4n) is 1.22.